The maximum absolute atomic E-state index is 13.1. The van der Waals surface area contributed by atoms with Crippen molar-refractivity contribution in [1.29, 1.82) is 0 Å². The van der Waals surface area contributed by atoms with Gasteiger partial charge >= 0.3 is 0 Å². The van der Waals surface area contributed by atoms with Gasteiger partial charge in [-0.05, 0) is 83.1 Å². The third-order valence-corrected chi connectivity index (χ3v) is 9.85. The van der Waals surface area contributed by atoms with Crippen LogP contribution in [0, 0.1) is 0 Å². The number of anilines is 2. The van der Waals surface area contributed by atoms with Crippen molar-refractivity contribution >= 4 is 35.5 Å². The highest BCUT2D eigenvalue weighted by Gasteiger charge is 2.35. The van der Waals surface area contributed by atoms with Crippen LogP contribution in [0.2, 0.25) is 0 Å². The molecule has 7 rings (SSSR count). The Balaban J connectivity index is 1.48. The van der Waals surface area contributed by atoms with Crippen LogP contribution in [0.15, 0.2) is 176 Å². The standard InChI is InChI=1S/C47H36N2O4/c1-3-13-44(51)48(32-50)42-26-24-38(30-40(42)35-16-9-5-10-17-35)47(2,37-22-20-34(21-23-37)33-14-7-4-8-15-33)39-25-27-43(49-45(52)28-29-46(49)53)41(31-39)36-18-11-6-12-19-36/h3-32H,1-2H3/b13-3-. The van der Waals surface area contributed by atoms with Crippen LogP contribution in [0.25, 0.3) is 33.4 Å². The first-order valence-electron chi connectivity index (χ1n) is 17.4. The van der Waals surface area contributed by atoms with Crippen LogP contribution in [-0.2, 0) is 24.6 Å². The van der Waals surface area contributed by atoms with Crippen LogP contribution in [0.4, 0.5) is 11.4 Å². The van der Waals surface area contributed by atoms with Gasteiger partial charge in [-0.2, -0.15) is 0 Å². The fraction of sp³-hybridized carbons (Fsp3) is 0.0638. The number of carbonyl (C=O) groups excluding carboxylic acids is 4. The molecule has 1 heterocycles. The van der Waals surface area contributed by atoms with Crippen LogP contribution >= 0.6 is 0 Å². The molecule has 0 aromatic heterocycles. The SMILES string of the molecule is C/C=C\C(=O)N(C=O)c1ccc(C(C)(c2ccc(-c3ccccc3)cc2)c2ccc(N3C(=O)C=CC3=O)c(-c3ccccc3)c2)cc1-c1ccccc1. The maximum Gasteiger partial charge on any atom is 0.258 e. The van der Waals surface area contributed by atoms with Crippen LogP contribution in [0.1, 0.15) is 30.5 Å². The molecule has 0 bridgehead atoms. The number of rotatable bonds is 10. The molecule has 53 heavy (non-hydrogen) atoms. The first-order valence-corrected chi connectivity index (χ1v) is 17.4. The Kier molecular flexibility index (Phi) is 9.60. The van der Waals surface area contributed by atoms with E-state index in [-0.39, 0.29) is 0 Å². The summed E-state index contributed by atoms with van der Waals surface area (Å²) in [5.74, 6) is -1.24. The summed E-state index contributed by atoms with van der Waals surface area (Å²) in [5, 5.41) is 0. The molecule has 0 saturated heterocycles. The highest BCUT2D eigenvalue weighted by atomic mass is 16.2. The van der Waals surface area contributed by atoms with E-state index in [0.29, 0.717) is 23.3 Å². The van der Waals surface area contributed by atoms with Crippen LogP contribution in [0.3, 0.4) is 0 Å². The van der Waals surface area contributed by atoms with E-state index in [4.69, 9.17) is 0 Å². The number of hydrogen-bond acceptors (Lipinski definition) is 4. The lowest BCUT2D eigenvalue weighted by Gasteiger charge is -2.34. The Labute approximate surface area is 309 Å². The zero-order chi connectivity index (χ0) is 37.0. The van der Waals surface area contributed by atoms with Gasteiger partial charge in [-0.3, -0.25) is 19.2 Å². The molecule has 6 nitrogen and oxygen atoms in total. The summed E-state index contributed by atoms with van der Waals surface area (Å²) in [6.07, 6.45) is 6.11. The van der Waals surface area contributed by atoms with Gasteiger partial charge < -0.3 is 0 Å². The van der Waals surface area contributed by atoms with Crippen molar-refractivity contribution in [2.75, 3.05) is 9.80 Å². The molecule has 0 radical (unpaired) electrons. The minimum atomic E-state index is -0.810. The molecule has 1 aliphatic heterocycles. The van der Waals surface area contributed by atoms with Gasteiger partial charge in [-0.15, -0.1) is 0 Å². The molecule has 258 valence electrons. The molecule has 6 aromatic rings. The summed E-state index contributed by atoms with van der Waals surface area (Å²) in [4.78, 5) is 53.9. The Morgan fingerprint density at radius 3 is 1.60 bits per heavy atom. The quantitative estimate of drug-likeness (QED) is 0.0621. The highest BCUT2D eigenvalue weighted by Crippen LogP contribution is 2.45. The van der Waals surface area contributed by atoms with Gasteiger partial charge in [0.2, 0.25) is 6.41 Å². The maximum atomic E-state index is 13.1. The molecule has 6 heteroatoms. The average molecular weight is 693 g/mol. The Hall–Kier alpha value is -6.92. The number of carbonyl (C=O) groups is 4. The van der Waals surface area contributed by atoms with Gasteiger partial charge in [0.15, 0.2) is 0 Å². The smallest absolute Gasteiger partial charge is 0.258 e. The van der Waals surface area contributed by atoms with Crippen LogP contribution in [0.5, 0.6) is 0 Å². The van der Waals surface area contributed by atoms with E-state index < -0.39 is 23.1 Å². The summed E-state index contributed by atoms with van der Waals surface area (Å²) in [6, 6.07) is 49.7. The molecule has 1 unspecified atom stereocenters. The normalized spacial score (nSPS) is 13.7. The van der Waals surface area contributed by atoms with Gasteiger partial charge in [0.1, 0.15) is 0 Å². The number of amides is 4. The van der Waals surface area contributed by atoms with Gasteiger partial charge in [0.25, 0.3) is 17.7 Å². The zero-order valence-corrected chi connectivity index (χ0v) is 29.3. The van der Waals surface area contributed by atoms with Crippen molar-refractivity contribution in [2.45, 2.75) is 19.3 Å². The monoisotopic (exact) mass is 692 g/mol. The van der Waals surface area contributed by atoms with Gasteiger partial charge in [-0.1, -0.05) is 133 Å². The predicted molar refractivity (Wildman–Crippen MR) is 211 cm³/mol. The Bertz CT molecular complexity index is 2370. The van der Waals surface area contributed by atoms with Crippen LogP contribution in [-0.4, -0.2) is 24.1 Å². The number of allylic oxidation sites excluding steroid dienone is 1. The van der Waals surface area contributed by atoms with E-state index in [1.165, 1.54) is 23.1 Å². The third-order valence-electron chi connectivity index (χ3n) is 9.85. The molecule has 0 spiro atoms. The summed E-state index contributed by atoms with van der Waals surface area (Å²) in [6.45, 7) is 3.88. The second-order valence-electron chi connectivity index (χ2n) is 12.9. The summed E-state index contributed by atoms with van der Waals surface area (Å²) in [7, 11) is 0. The fourth-order valence-electron chi connectivity index (χ4n) is 7.01. The van der Waals surface area contributed by atoms with E-state index in [1.807, 2.05) is 109 Å². The Morgan fingerprint density at radius 1 is 0.585 bits per heavy atom. The Morgan fingerprint density at radius 2 is 1.06 bits per heavy atom. The predicted octanol–water partition coefficient (Wildman–Crippen LogP) is 9.54. The third kappa shape index (κ3) is 6.54. The van der Waals surface area contributed by atoms with E-state index >= 15 is 0 Å². The molecule has 1 atom stereocenters. The number of nitrogens with zero attached hydrogens (tertiary/aromatic N) is 2. The molecule has 0 fully saturated rings. The zero-order valence-electron chi connectivity index (χ0n) is 29.3. The number of imide groups is 2. The molecule has 0 saturated carbocycles. The lowest BCUT2D eigenvalue weighted by molar-refractivity contribution is -0.120. The minimum absolute atomic E-state index is 0.394. The largest absolute Gasteiger partial charge is 0.278 e. The van der Waals surface area contributed by atoms with E-state index in [1.54, 1.807) is 13.0 Å². The first-order chi connectivity index (χ1) is 25.8. The second kappa shape index (κ2) is 14.7. The molecule has 4 amide bonds. The number of benzene rings is 6. The topological polar surface area (TPSA) is 74.8 Å². The highest BCUT2D eigenvalue weighted by molar-refractivity contribution is 6.29. The van der Waals surface area contributed by atoms with Gasteiger partial charge in [0.05, 0.1) is 11.4 Å². The summed E-state index contributed by atoms with van der Waals surface area (Å²) in [5.41, 5.74) is 8.23. The van der Waals surface area contributed by atoms with Crippen molar-refractivity contribution in [3.8, 4) is 33.4 Å². The lowest BCUT2D eigenvalue weighted by atomic mass is 9.69. The van der Waals surface area contributed by atoms with Crippen molar-refractivity contribution in [1.82, 2.24) is 0 Å². The van der Waals surface area contributed by atoms with Crippen LogP contribution < -0.4 is 9.80 Å². The first kappa shape index (κ1) is 34.5. The van der Waals surface area contributed by atoms with Gasteiger partial charge in [0, 0.05) is 28.7 Å². The summed E-state index contributed by atoms with van der Waals surface area (Å²) >= 11 is 0. The molecular weight excluding hydrogens is 657 g/mol. The van der Waals surface area contributed by atoms with Crippen molar-refractivity contribution < 1.29 is 19.2 Å². The number of hydrogen-bond donors (Lipinski definition) is 0. The van der Waals surface area contributed by atoms with Crippen molar-refractivity contribution in [2.24, 2.45) is 0 Å². The van der Waals surface area contributed by atoms with E-state index in [0.717, 1.165) is 49.4 Å². The average Bonchev–Trinajstić information content (AvgIpc) is 3.55. The molecule has 0 aliphatic carbocycles. The minimum Gasteiger partial charge on any atom is -0.278 e. The molecule has 6 aromatic carbocycles. The van der Waals surface area contributed by atoms with Gasteiger partial charge in [-0.25, -0.2) is 9.80 Å². The molecule has 0 N–H and O–H groups in total. The summed E-state index contributed by atoms with van der Waals surface area (Å²) < 4.78 is 0. The van der Waals surface area contributed by atoms with Crippen molar-refractivity contribution in [3.63, 3.8) is 0 Å². The van der Waals surface area contributed by atoms with Crippen molar-refractivity contribution in [3.05, 3.63) is 193 Å². The second-order valence-corrected chi connectivity index (χ2v) is 12.9. The molecular formula is C47H36N2O4. The van der Waals surface area contributed by atoms with E-state index in [2.05, 4.69) is 49.4 Å². The molecule has 1 aliphatic rings. The lowest BCUT2D eigenvalue weighted by Crippen LogP contribution is -2.31. The van der Waals surface area contributed by atoms with E-state index in [9.17, 15) is 19.2 Å². The fourth-order valence-corrected chi connectivity index (χ4v) is 7.01.